The molecule has 14 heavy (non-hydrogen) atoms. The zero-order valence-corrected chi connectivity index (χ0v) is 8.80. The summed E-state index contributed by atoms with van der Waals surface area (Å²) in [7, 11) is 0. The lowest BCUT2D eigenvalue weighted by Gasteiger charge is -2.15. The fourth-order valence-corrected chi connectivity index (χ4v) is 1.08. The highest BCUT2D eigenvalue weighted by molar-refractivity contribution is 5.83. The number of nitrogens with one attached hydrogen (secondary N) is 2. The van der Waals surface area contributed by atoms with Crippen molar-refractivity contribution in [3.8, 4) is 0 Å². The van der Waals surface area contributed by atoms with E-state index < -0.39 is 0 Å². The maximum absolute atomic E-state index is 11.2. The lowest BCUT2D eigenvalue weighted by atomic mass is 10.1. The molecule has 0 heterocycles. The summed E-state index contributed by atoms with van der Waals surface area (Å²) in [5.41, 5.74) is 5.46. The molecule has 0 aromatic rings. The van der Waals surface area contributed by atoms with Crippen LogP contribution in [0.15, 0.2) is 0 Å². The van der Waals surface area contributed by atoms with Gasteiger partial charge in [-0.05, 0) is 6.42 Å². The van der Waals surface area contributed by atoms with Crippen molar-refractivity contribution in [2.24, 2.45) is 5.73 Å². The summed E-state index contributed by atoms with van der Waals surface area (Å²) >= 11 is 0. The Morgan fingerprint density at radius 3 is 2.50 bits per heavy atom. The highest BCUT2D eigenvalue weighted by Crippen LogP contribution is 1.93. The van der Waals surface area contributed by atoms with Crippen LogP contribution in [0.4, 0.5) is 0 Å². The zero-order chi connectivity index (χ0) is 11.0. The van der Waals surface area contributed by atoms with Gasteiger partial charge < -0.3 is 16.4 Å². The van der Waals surface area contributed by atoms with Gasteiger partial charge in [-0.25, -0.2) is 0 Å². The monoisotopic (exact) mass is 201 g/mol. The first-order chi connectivity index (χ1) is 6.60. The highest BCUT2D eigenvalue weighted by Gasteiger charge is 2.09. The van der Waals surface area contributed by atoms with Crippen LogP contribution in [0.1, 0.15) is 26.7 Å². The minimum Gasteiger partial charge on any atom is -0.351 e. The Kier molecular flexibility index (Phi) is 6.74. The lowest BCUT2D eigenvalue weighted by molar-refractivity contribution is -0.125. The standard InChI is InChI=1S/C9H19N3O2/c1-3-4-8(5-10)12-9(14)6-11-7(2)13/h8H,3-6,10H2,1-2H3,(H,11,13)(H,12,14). The van der Waals surface area contributed by atoms with Crippen LogP contribution in [0.2, 0.25) is 0 Å². The summed E-state index contributed by atoms with van der Waals surface area (Å²) in [6.07, 6.45) is 1.84. The van der Waals surface area contributed by atoms with Gasteiger partial charge in [0, 0.05) is 19.5 Å². The molecule has 4 N–H and O–H groups in total. The summed E-state index contributed by atoms with van der Waals surface area (Å²) in [4.78, 5) is 21.7. The van der Waals surface area contributed by atoms with Gasteiger partial charge in [-0.15, -0.1) is 0 Å². The second-order valence-electron chi connectivity index (χ2n) is 3.20. The Morgan fingerprint density at radius 1 is 1.43 bits per heavy atom. The molecule has 0 saturated heterocycles. The van der Waals surface area contributed by atoms with Crippen LogP contribution in [-0.4, -0.2) is 30.9 Å². The van der Waals surface area contributed by atoms with Crippen LogP contribution in [0.25, 0.3) is 0 Å². The van der Waals surface area contributed by atoms with Crippen LogP contribution in [0.5, 0.6) is 0 Å². The third-order valence-electron chi connectivity index (χ3n) is 1.78. The maximum atomic E-state index is 11.2. The van der Waals surface area contributed by atoms with Crippen LogP contribution < -0.4 is 16.4 Å². The molecular weight excluding hydrogens is 182 g/mol. The van der Waals surface area contributed by atoms with Gasteiger partial charge in [0.2, 0.25) is 11.8 Å². The average molecular weight is 201 g/mol. The first-order valence-corrected chi connectivity index (χ1v) is 4.84. The summed E-state index contributed by atoms with van der Waals surface area (Å²) in [5.74, 6) is -0.399. The minimum absolute atomic E-state index is 0.0151. The molecule has 1 atom stereocenters. The van der Waals surface area contributed by atoms with E-state index in [1.54, 1.807) is 0 Å². The molecule has 0 radical (unpaired) electrons. The quantitative estimate of drug-likeness (QED) is 0.535. The Hall–Kier alpha value is -1.10. The minimum atomic E-state index is -0.208. The molecular formula is C9H19N3O2. The van der Waals surface area contributed by atoms with E-state index in [1.807, 2.05) is 6.92 Å². The number of hydrogen-bond acceptors (Lipinski definition) is 3. The second-order valence-corrected chi connectivity index (χ2v) is 3.20. The molecule has 0 spiro atoms. The van der Waals surface area contributed by atoms with Crippen LogP contribution in [-0.2, 0) is 9.59 Å². The molecule has 0 fully saturated rings. The molecule has 0 rings (SSSR count). The van der Waals surface area contributed by atoms with Gasteiger partial charge in [-0.1, -0.05) is 13.3 Å². The van der Waals surface area contributed by atoms with Crippen molar-refractivity contribution in [1.29, 1.82) is 0 Å². The highest BCUT2D eigenvalue weighted by atomic mass is 16.2. The molecule has 0 aromatic heterocycles. The van der Waals surface area contributed by atoms with E-state index >= 15 is 0 Å². The number of carbonyl (C=O) groups excluding carboxylic acids is 2. The topological polar surface area (TPSA) is 84.2 Å². The van der Waals surface area contributed by atoms with E-state index in [9.17, 15) is 9.59 Å². The summed E-state index contributed by atoms with van der Waals surface area (Å²) < 4.78 is 0. The molecule has 0 bridgehead atoms. The molecule has 0 aliphatic heterocycles. The van der Waals surface area contributed by atoms with Gasteiger partial charge in [-0.2, -0.15) is 0 Å². The second kappa shape index (κ2) is 7.32. The van der Waals surface area contributed by atoms with Crippen LogP contribution in [0.3, 0.4) is 0 Å². The van der Waals surface area contributed by atoms with Crippen molar-refractivity contribution in [3.63, 3.8) is 0 Å². The van der Waals surface area contributed by atoms with E-state index in [4.69, 9.17) is 5.73 Å². The molecule has 0 aliphatic rings. The van der Waals surface area contributed by atoms with Gasteiger partial charge in [0.25, 0.3) is 0 Å². The molecule has 5 nitrogen and oxygen atoms in total. The molecule has 0 aliphatic carbocycles. The van der Waals surface area contributed by atoms with Crippen molar-refractivity contribution in [2.75, 3.05) is 13.1 Å². The number of hydrogen-bond donors (Lipinski definition) is 3. The predicted molar refractivity (Wildman–Crippen MR) is 54.6 cm³/mol. The first kappa shape index (κ1) is 12.9. The van der Waals surface area contributed by atoms with Gasteiger partial charge in [0.1, 0.15) is 0 Å². The summed E-state index contributed by atoms with van der Waals surface area (Å²) in [6, 6.07) is 0.0151. The van der Waals surface area contributed by atoms with E-state index in [1.165, 1.54) is 6.92 Å². The number of amides is 2. The van der Waals surface area contributed by atoms with Crippen molar-refractivity contribution >= 4 is 11.8 Å². The molecule has 82 valence electrons. The lowest BCUT2D eigenvalue weighted by Crippen LogP contribution is -2.44. The Labute approximate surface area is 84.4 Å². The van der Waals surface area contributed by atoms with E-state index in [2.05, 4.69) is 10.6 Å². The van der Waals surface area contributed by atoms with Gasteiger partial charge in [0.15, 0.2) is 0 Å². The van der Waals surface area contributed by atoms with Gasteiger partial charge in [-0.3, -0.25) is 9.59 Å². The predicted octanol–water partition coefficient (Wildman–Crippen LogP) is -0.634. The molecule has 0 saturated carbocycles. The average Bonchev–Trinajstić information content (AvgIpc) is 2.14. The molecule has 5 heteroatoms. The largest absolute Gasteiger partial charge is 0.351 e. The van der Waals surface area contributed by atoms with Gasteiger partial charge in [0.05, 0.1) is 6.54 Å². The first-order valence-electron chi connectivity index (χ1n) is 4.84. The van der Waals surface area contributed by atoms with E-state index in [0.29, 0.717) is 6.54 Å². The summed E-state index contributed by atoms with van der Waals surface area (Å²) in [6.45, 7) is 3.86. The van der Waals surface area contributed by atoms with E-state index in [-0.39, 0.29) is 24.4 Å². The third-order valence-corrected chi connectivity index (χ3v) is 1.78. The van der Waals surface area contributed by atoms with Crippen molar-refractivity contribution in [2.45, 2.75) is 32.7 Å². The fourth-order valence-electron chi connectivity index (χ4n) is 1.08. The number of nitrogens with two attached hydrogens (primary N) is 1. The Balaban J connectivity index is 3.72. The van der Waals surface area contributed by atoms with Crippen LogP contribution in [0, 0.1) is 0 Å². The van der Waals surface area contributed by atoms with Gasteiger partial charge >= 0.3 is 0 Å². The zero-order valence-electron chi connectivity index (χ0n) is 8.80. The Bertz CT molecular complexity index is 194. The van der Waals surface area contributed by atoms with Crippen LogP contribution >= 0.6 is 0 Å². The van der Waals surface area contributed by atoms with Crippen molar-refractivity contribution in [3.05, 3.63) is 0 Å². The number of rotatable bonds is 6. The fraction of sp³-hybridized carbons (Fsp3) is 0.778. The van der Waals surface area contributed by atoms with Crippen molar-refractivity contribution < 1.29 is 9.59 Å². The number of carbonyl (C=O) groups is 2. The molecule has 1 unspecified atom stereocenters. The third kappa shape index (κ3) is 6.42. The van der Waals surface area contributed by atoms with E-state index in [0.717, 1.165) is 12.8 Å². The SMILES string of the molecule is CCCC(CN)NC(=O)CNC(C)=O. The maximum Gasteiger partial charge on any atom is 0.239 e. The molecule has 0 aromatic carbocycles. The molecule has 2 amide bonds. The Morgan fingerprint density at radius 2 is 2.07 bits per heavy atom. The van der Waals surface area contributed by atoms with Crippen molar-refractivity contribution in [1.82, 2.24) is 10.6 Å². The summed E-state index contributed by atoms with van der Waals surface area (Å²) in [5, 5.41) is 5.17. The normalized spacial score (nSPS) is 11.9. The smallest absolute Gasteiger partial charge is 0.239 e.